The van der Waals surface area contributed by atoms with Crippen molar-refractivity contribution >= 4 is 27.7 Å². The van der Waals surface area contributed by atoms with Gasteiger partial charge in [-0.3, -0.25) is 9.59 Å². The molecule has 0 atom stereocenters. The maximum atomic E-state index is 12.8. The van der Waals surface area contributed by atoms with Crippen LogP contribution >= 0.6 is 15.9 Å². The van der Waals surface area contributed by atoms with Crippen LogP contribution in [0.3, 0.4) is 0 Å². The van der Waals surface area contributed by atoms with E-state index < -0.39 is 0 Å². The van der Waals surface area contributed by atoms with Crippen molar-refractivity contribution in [3.8, 4) is 11.5 Å². The third-order valence-electron chi connectivity index (χ3n) is 4.54. The normalized spacial score (nSPS) is 14.0. The lowest BCUT2D eigenvalue weighted by Gasteiger charge is -2.35. The van der Waals surface area contributed by atoms with E-state index in [0.29, 0.717) is 48.8 Å². The van der Waals surface area contributed by atoms with Gasteiger partial charge in [-0.2, -0.15) is 0 Å². The first-order valence-electron chi connectivity index (χ1n) is 8.59. The zero-order chi connectivity index (χ0) is 19.4. The first-order chi connectivity index (χ1) is 13.0. The summed E-state index contributed by atoms with van der Waals surface area (Å²) in [5.74, 6) is 1.03. The monoisotopic (exact) mass is 432 g/mol. The van der Waals surface area contributed by atoms with Gasteiger partial charge in [-0.15, -0.1) is 0 Å². The summed E-state index contributed by atoms with van der Waals surface area (Å²) in [5.41, 5.74) is 1.16. The molecule has 1 saturated heterocycles. The van der Waals surface area contributed by atoms with Crippen LogP contribution in [0.1, 0.15) is 20.7 Å². The predicted molar refractivity (Wildman–Crippen MR) is 105 cm³/mol. The van der Waals surface area contributed by atoms with Gasteiger partial charge in [0.25, 0.3) is 11.8 Å². The maximum Gasteiger partial charge on any atom is 0.254 e. The Hall–Kier alpha value is -2.54. The van der Waals surface area contributed by atoms with Crippen molar-refractivity contribution in [3.05, 3.63) is 58.1 Å². The second kappa shape index (κ2) is 8.43. The topological polar surface area (TPSA) is 59.1 Å². The lowest BCUT2D eigenvalue weighted by atomic mass is 10.1. The van der Waals surface area contributed by atoms with Crippen LogP contribution in [-0.2, 0) is 0 Å². The Bertz CT molecular complexity index is 808. The highest BCUT2D eigenvalue weighted by atomic mass is 79.9. The Morgan fingerprint density at radius 2 is 1.22 bits per heavy atom. The highest BCUT2D eigenvalue weighted by Gasteiger charge is 2.26. The number of carbonyl (C=O) groups excluding carboxylic acids is 2. The molecule has 1 heterocycles. The molecule has 2 aromatic carbocycles. The van der Waals surface area contributed by atoms with Crippen LogP contribution in [0, 0.1) is 0 Å². The first kappa shape index (κ1) is 19.2. The molecule has 1 fully saturated rings. The standard InChI is InChI=1S/C20H21BrN2O4/c1-26-17-11-15(12-18(13-17)27-2)20(25)23-9-7-22(8-10-23)19(24)14-3-5-16(21)6-4-14/h3-6,11-13H,7-10H2,1-2H3. The molecule has 0 aliphatic carbocycles. The number of rotatable bonds is 4. The SMILES string of the molecule is COc1cc(OC)cc(C(=O)N2CCN(C(=O)c3ccc(Br)cc3)CC2)c1. The van der Waals surface area contributed by atoms with E-state index in [9.17, 15) is 9.59 Å². The lowest BCUT2D eigenvalue weighted by molar-refractivity contribution is 0.0535. The van der Waals surface area contributed by atoms with E-state index in [-0.39, 0.29) is 11.8 Å². The second-order valence-electron chi connectivity index (χ2n) is 6.19. The largest absolute Gasteiger partial charge is 0.497 e. The Labute approximate surface area is 166 Å². The van der Waals surface area contributed by atoms with Gasteiger partial charge in [0.2, 0.25) is 0 Å². The van der Waals surface area contributed by atoms with Gasteiger partial charge in [0.15, 0.2) is 0 Å². The fourth-order valence-electron chi connectivity index (χ4n) is 3.00. The van der Waals surface area contributed by atoms with Gasteiger partial charge in [-0.25, -0.2) is 0 Å². The minimum absolute atomic E-state index is 0.0161. The molecular weight excluding hydrogens is 412 g/mol. The van der Waals surface area contributed by atoms with Gasteiger partial charge in [-0.1, -0.05) is 15.9 Å². The van der Waals surface area contributed by atoms with Crippen LogP contribution in [-0.4, -0.2) is 62.0 Å². The Kier molecular flexibility index (Phi) is 6.01. The van der Waals surface area contributed by atoms with Crippen LogP contribution in [0.2, 0.25) is 0 Å². The molecule has 3 rings (SSSR count). The van der Waals surface area contributed by atoms with E-state index in [1.165, 1.54) is 0 Å². The Morgan fingerprint density at radius 1 is 0.778 bits per heavy atom. The Morgan fingerprint density at radius 3 is 1.67 bits per heavy atom. The zero-order valence-electron chi connectivity index (χ0n) is 15.3. The molecule has 27 heavy (non-hydrogen) atoms. The number of ether oxygens (including phenoxy) is 2. The van der Waals surface area contributed by atoms with Crippen molar-refractivity contribution in [2.45, 2.75) is 0 Å². The minimum Gasteiger partial charge on any atom is -0.497 e. The van der Waals surface area contributed by atoms with Crippen molar-refractivity contribution in [1.82, 2.24) is 9.80 Å². The summed E-state index contributed by atoms with van der Waals surface area (Å²) in [6.07, 6.45) is 0. The van der Waals surface area contributed by atoms with Crippen molar-refractivity contribution < 1.29 is 19.1 Å². The summed E-state index contributed by atoms with van der Waals surface area (Å²) >= 11 is 3.37. The lowest BCUT2D eigenvalue weighted by Crippen LogP contribution is -2.50. The summed E-state index contributed by atoms with van der Waals surface area (Å²) < 4.78 is 11.4. The third kappa shape index (κ3) is 4.42. The molecule has 1 aliphatic rings. The molecule has 2 aromatic rings. The van der Waals surface area contributed by atoms with E-state index in [0.717, 1.165) is 4.47 Å². The molecule has 0 spiro atoms. The van der Waals surface area contributed by atoms with Crippen LogP contribution in [0.15, 0.2) is 46.9 Å². The van der Waals surface area contributed by atoms with Gasteiger partial charge >= 0.3 is 0 Å². The molecular formula is C20H21BrN2O4. The van der Waals surface area contributed by atoms with Crippen LogP contribution < -0.4 is 9.47 Å². The van der Waals surface area contributed by atoms with Crippen molar-refractivity contribution in [1.29, 1.82) is 0 Å². The number of carbonyl (C=O) groups is 2. The molecule has 0 aromatic heterocycles. The summed E-state index contributed by atoms with van der Waals surface area (Å²) in [6.45, 7) is 1.98. The molecule has 0 N–H and O–H groups in total. The van der Waals surface area contributed by atoms with Gasteiger partial charge in [0, 0.05) is 47.8 Å². The van der Waals surface area contributed by atoms with Gasteiger partial charge in [0.1, 0.15) is 11.5 Å². The number of hydrogen-bond acceptors (Lipinski definition) is 4. The molecule has 0 saturated carbocycles. The summed E-state index contributed by atoms with van der Waals surface area (Å²) in [5, 5.41) is 0. The average Bonchev–Trinajstić information content (AvgIpc) is 2.73. The zero-order valence-corrected chi connectivity index (χ0v) is 16.9. The van der Waals surface area contributed by atoms with E-state index >= 15 is 0 Å². The van der Waals surface area contributed by atoms with Crippen LogP contribution in [0.25, 0.3) is 0 Å². The number of halogens is 1. The molecule has 2 amide bonds. The molecule has 0 radical (unpaired) electrons. The summed E-state index contributed by atoms with van der Waals surface area (Å²) in [6, 6.07) is 12.4. The summed E-state index contributed by atoms with van der Waals surface area (Å²) in [4.78, 5) is 29.0. The average molecular weight is 433 g/mol. The number of piperazine rings is 1. The van der Waals surface area contributed by atoms with E-state index in [2.05, 4.69) is 15.9 Å². The minimum atomic E-state index is -0.0945. The predicted octanol–water partition coefficient (Wildman–Crippen LogP) is 3.06. The van der Waals surface area contributed by atoms with E-state index in [4.69, 9.17) is 9.47 Å². The van der Waals surface area contributed by atoms with Gasteiger partial charge in [0.05, 0.1) is 14.2 Å². The molecule has 7 heteroatoms. The van der Waals surface area contributed by atoms with Crippen LogP contribution in [0.5, 0.6) is 11.5 Å². The maximum absolute atomic E-state index is 12.8. The molecule has 6 nitrogen and oxygen atoms in total. The fourth-order valence-corrected chi connectivity index (χ4v) is 3.27. The highest BCUT2D eigenvalue weighted by Crippen LogP contribution is 2.24. The van der Waals surface area contributed by atoms with E-state index in [1.807, 2.05) is 12.1 Å². The van der Waals surface area contributed by atoms with Crippen LogP contribution in [0.4, 0.5) is 0 Å². The number of benzene rings is 2. The quantitative estimate of drug-likeness (QED) is 0.744. The number of hydrogen-bond donors (Lipinski definition) is 0. The molecule has 142 valence electrons. The fraction of sp³-hybridized carbons (Fsp3) is 0.300. The second-order valence-corrected chi connectivity index (χ2v) is 7.11. The van der Waals surface area contributed by atoms with E-state index in [1.54, 1.807) is 54.4 Å². The van der Waals surface area contributed by atoms with Gasteiger partial charge < -0.3 is 19.3 Å². The molecule has 0 bridgehead atoms. The van der Waals surface area contributed by atoms with Crippen molar-refractivity contribution in [2.24, 2.45) is 0 Å². The highest BCUT2D eigenvalue weighted by molar-refractivity contribution is 9.10. The third-order valence-corrected chi connectivity index (χ3v) is 5.07. The van der Waals surface area contributed by atoms with Gasteiger partial charge in [-0.05, 0) is 36.4 Å². The van der Waals surface area contributed by atoms with Crippen molar-refractivity contribution in [2.75, 3.05) is 40.4 Å². The molecule has 0 unspecified atom stereocenters. The number of nitrogens with zero attached hydrogens (tertiary/aromatic N) is 2. The van der Waals surface area contributed by atoms with Crippen molar-refractivity contribution in [3.63, 3.8) is 0 Å². The number of amides is 2. The Balaban J connectivity index is 1.66. The first-order valence-corrected chi connectivity index (χ1v) is 9.38. The summed E-state index contributed by atoms with van der Waals surface area (Å²) in [7, 11) is 3.10. The smallest absolute Gasteiger partial charge is 0.254 e. The number of methoxy groups -OCH3 is 2. The molecule has 1 aliphatic heterocycles.